The molecule has 2 bridgehead atoms. The number of rotatable bonds is 12. The molecule has 0 aliphatic carbocycles. The minimum absolute atomic E-state index is 0.0308. The highest BCUT2D eigenvalue weighted by Gasteiger charge is 2.66. The minimum Gasteiger partial charge on any atom is -0.494 e. The predicted molar refractivity (Wildman–Crippen MR) is 173 cm³/mol. The fraction of sp³-hybridized carbons (Fsp3) is 0.368. The second kappa shape index (κ2) is 13.4. The van der Waals surface area contributed by atoms with Gasteiger partial charge in [-0.05, 0) is 66.3 Å². The lowest BCUT2D eigenvalue weighted by atomic mass is 9.76. The van der Waals surface area contributed by atoms with Crippen molar-refractivity contribution in [1.29, 1.82) is 0 Å². The van der Waals surface area contributed by atoms with E-state index in [1.54, 1.807) is 0 Å². The molecule has 0 N–H and O–H groups in total. The minimum atomic E-state index is -1.16. The molecule has 4 aromatic rings. The van der Waals surface area contributed by atoms with E-state index >= 15 is 0 Å². The van der Waals surface area contributed by atoms with Crippen LogP contribution in [0.15, 0.2) is 103 Å². The smallest absolute Gasteiger partial charge is 0.225 e. The summed E-state index contributed by atoms with van der Waals surface area (Å²) < 4.78 is 33.2. The van der Waals surface area contributed by atoms with E-state index in [-0.39, 0.29) is 12.0 Å². The lowest BCUT2D eigenvalue weighted by Gasteiger charge is -2.50. The van der Waals surface area contributed by atoms with Crippen LogP contribution in [-0.2, 0) is 44.4 Å². The lowest BCUT2D eigenvalue weighted by Crippen LogP contribution is -2.62. The van der Waals surface area contributed by atoms with Crippen molar-refractivity contribution < 1.29 is 23.7 Å². The van der Waals surface area contributed by atoms with Crippen molar-refractivity contribution in [2.45, 2.75) is 70.4 Å². The Labute approximate surface area is 266 Å². The molecule has 44 heavy (non-hydrogen) atoms. The van der Waals surface area contributed by atoms with Crippen molar-refractivity contribution in [1.82, 2.24) is 0 Å². The second-order valence-corrected chi connectivity index (χ2v) is 12.2. The summed E-state index contributed by atoms with van der Waals surface area (Å²) in [4.78, 5) is 0. The molecule has 4 aromatic carbocycles. The Kier molecular flexibility index (Phi) is 9.41. The quantitative estimate of drug-likeness (QED) is 0.160. The molecule has 2 saturated heterocycles. The van der Waals surface area contributed by atoms with Crippen LogP contribution < -0.4 is 4.74 Å². The summed E-state index contributed by atoms with van der Waals surface area (Å²) in [5.74, 6) is -0.269. The van der Waals surface area contributed by atoms with Crippen LogP contribution in [0.3, 0.4) is 0 Å². The standard InChI is InChI=1S/C38H41ClO5/c1-4-37-26-43-38(44-37,32-18-21-34(39)31(23-32)22-28-16-19-33(20-17-28)40-5-2)36(42-25-30-14-10-7-11-15-30)35(27(37)3)41-24-29-12-8-6-9-13-29/h6-21,23,27,35-36H,4-5,22,24-26H2,1-3H3/t27-,35-,36+,37?,38?/m0/s1. The number of hydrogen-bond donors (Lipinski definition) is 0. The predicted octanol–water partition coefficient (Wildman–Crippen LogP) is 8.50. The molecule has 0 aromatic heterocycles. The molecule has 2 aliphatic rings. The van der Waals surface area contributed by atoms with Gasteiger partial charge in [-0.1, -0.05) is 104 Å². The third-order valence-corrected chi connectivity index (χ3v) is 9.48. The van der Waals surface area contributed by atoms with Gasteiger partial charge in [-0.2, -0.15) is 0 Å². The molecule has 6 heteroatoms. The molecular formula is C38H41ClO5. The van der Waals surface area contributed by atoms with Crippen molar-refractivity contribution in [3.8, 4) is 5.75 Å². The monoisotopic (exact) mass is 612 g/mol. The van der Waals surface area contributed by atoms with Crippen LogP contribution in [0.4, 0.5) is 0 Å². The zero-order valence-electron chi connectivity index (χ0n) is 25.7. The molecule has 2 heterocycles. The topological polar surface area (TPSA) is 46.2 Å². The van der Waals surface area contributed by atoms with Gasteiger partial charge in [-0.15, -0.1) is 0 Å². The fourth-order valence-electron chi connectivity index (χ4n) is 6.52. The summed E-state index contributed by atoms with van der Waals surface area (Å²) in [5.41, 5.74) is 4.70. The lowest BCUT2D eigenvalue weighted by molar-refractivity contribution is -0.333. The van der Waals surface area contributed by atoms with E-state index in [0.717, 1.165) is 40.0 Å². The number of hydrogen-bond acceptors (Lipinski definition) is 5. The van der Waals surface area contributed by atoms with Crippen LogP contribution >= 0.6 is 11.6 Å². The van der Waals surface area contributed by atoms with E-state index in [4.69, 9.17) is 35.3 Å². The molecule has 5 nitrogen and oxygen atoms in total. The van der Waals surface area contributed by atoms with Gasteiger partial charge in [0.25, 0.3) is 0 Å². The maximum absolute atomic E-state index is 7.10. The molecule has 0 radical (unpaired) electrons. The van der Waals surface area contributed by atoms with Gasteiger partial charge in [-0.25, -0.2) is 0 Å². The molecule has 0 saturated carbocycles. The first kappa shape index (κ1) is 30.8. The Morgan fingerprint density at radius 2 is 1.45 bits per heavy atom. The Hall–Kier alpha value is -3.19. The maximum Gasteiger partial charge on any atom is 0.225 e. The van der Waals surface area contributed by atoms with Crippen molar-refractivity contribution in [3.05, 3.63) is 136 Å². The first-order valence-electron chi connectivity index (χ1n) is 15.6. The summed E-state index contributed by atoms with van der Waals surface area (Å²) in [6.07, 6.45) is 0.649. The van der Waals surface area contributed by atoms with Crippen LogP contribution in [-0.4, -0.2) is 31.0 Å². The summed E-state index contributed by atoms with van der Waals surface area (Å²) in [6.45, 7) is 8.32. The number of fused-ring (bicyclic) bond motifs is 2. The van der Waals surface area contributed by atoms with E-state index in [1.807, 2.05) is 67.6 Å². The van der Waals surface area contributed by atoms with Crippen molar-refractivity contribution in [2.75, 3.05) is 13.2 Å². The van der Waals surface area contributed by atoms with Crippen LogP contribution in [0.5, 0.6) is 5.75 Å². The van der Waals surface area contributed by atoms with Gasteiger partial charge in [0.05, 0.1) is 32.5 Å². The molecule has 5 atom stereocenters. The molecule has 6 rings (SSSR count). The van der Waals surface area contributed by atoms with Gasteiger partial charge in [0.15, 0.2) is 0 Å². The normalized spacial score (nSPS) is 26.0. The second-order valence-electron chi connectivity index (χ2n) is 11.8. The number of benzene rings is 4. The van der Waals surface area contributed by atoms with Gasteiger partial charge in [0.1, 0.15) is 17.5 Å². The van der Waals surface area contributed by atoms with Gasteiger partial charge in [-0.3, -0.25) is 0 Å². The van der Waals surface area contributed by atoms with Gasteiger partial charge < -0.3 is 23.7 Å². The Balaban J connectivity index is 1.37. The largest absolute Gasteiger partial charge is 0.494 e. The molecule has 2 fully saturated rings. The summed E-state index contributed by atoms with van der Waals surface area (Å²) in [5, 5.41) is 0.696. The summed E-state index contributed by atoms with van der Waals surface area (Å²) in [6, 6.07) is 34.7. The third-order valence-electron chi connectivity index (χ3n) is 9.11. The zero-order valence-corrected chi connectivity index (χ0v) is 26.5. The number of ether oxygens (including phenoxy) is 5. The average molecular weight is 613 g/mol. The summed E-state index contributed by atoms with van der Waals surface area (Å²) in [7, 11) is 0. The molecular weight excluding hydrogens is 572 g/mol. The maximum atomic E-state index is 7.10. The third kappa shape index (κ3) is 6.17. The van der Waals surface area contributed by atoms with E-state index in [9.17, 15) is 0 Å². The number of halogens is 1. The van der Waals surface area contributed by atoms with Gasteiger partial charge in [0.2, 0.25) is 5.79 Å². The van der Waals surface area contributed by atoms with Crippen LogP contribution in [0.2, 0.25) is 5.02 Å². The molecule has 2 unspecified atom stereocenters. The highest BCUT2D eigenvalue weighted by atomic mass is 35.5. The van der Waals surface area contributed by atoms with Crippen LogP contribution in [0, 0.1) is 5.92 Å². The van der Waals surface area contributed by atoms with Crippen molar-refractivity contribution >= 4 is 11.6 Å². The molecule has 230 valence electrons. The highest BCUT2D eigenvalue weighted by Crippen LogP contribution is 2.55. The Bertz CT molecular complexity index is 1510. The highest BCUT2D eigenvalue weighted by molar-refractivity contribution is 6.31. The fourth-order valence-corrected chi connectivity index (χ4v) is 6.70. The van der Waals surface area contributed by atoms with Crippen molar-refractivity contribution in [2.24, 2.45) is 5.92 Å². The molecule has 2 aliphatic heterocycles. The van der Waals surface area contributed by atoms with Gasteiger partial charge in [0, 0.05) is 16.5 Å². The first-order chi connectivity index (χ1) is 21.5. The SMILES string of the molecule is CCOc1ccc(Cc2cc(C34OCC(CC)(O3)[C@@H](C)[C@H](OCc3ccccc3)[C@H]4OCc3ccccc3)ccc2Cl)cc1. The van der Waals surface area contributed by atoms with E-state index in [0.29, 0.717) is 37.9 Å². The zero-order chi connectivity index (χ0) is 30.6. The van der Waals surface area contributed by atoms with E-state index < -0.39 is 17.5 Å². The van der Waals surface area contributed by atoms with Crippen LogP contribution in [0.25, 0.3) is 0 Å². The summed E-state index contributed by atoms with van der Waals surface area (Å²) >= 11 is 6.80. The van der Waals surface area contributed by atoms with Crippen LogP contribution in [0.1, 0.15) is 55.0 Å². The van der Waals surface area contributed by atoms with Gasteiger partial charge >= 0.3 is 0 Å². The molecule has 0 spiro atoms. The van der Waals surface area contributed by atoms with E-state index in [1.165, 1.54) is 0 Å². The average Bonchev–Trinajstić information content (AvgIpc) is 3.43. The Morgan fingerprint density at radius 3 is 2.09 bits per heavy atom. The Morgan fingerprint density at radius 1 is 0.795 bits per heavy atom. The van der Waals surface area contributed by atoms with E-state index in [2.05, 4.69) is 56.3 Å². The first-order valence-corrected chi connectivity index (χ1v) is 16.0. The van der Waals surface area contributed by atoms with Crippen molar-refractivity contribution in [3.63, 3.8) is 0 Å². The molecule has 0 amide bonds.